The van der Waals surface area contributed by atoms with Crippen LogP contribution in [0, 0.1) is 6.92 Å². The number of para-hydroxylation sites is 1. The monoisotopic (exact) mass is 504 g/mol. The normalized spacial score (nSPS) is 17.1. The molecule has 0 unspecified atom stereocenters. The fourth-order valence-electron chi connectivity index (χ4n) is 4.24. The second-order valence-electron chi connectivity index (χ2n) is 8.54. The molecule has 1 N–H and O–H groups in total. The molecule has 0 spiro atoms. The molecule has 3 heterocycles. The van der Waals surface area contributed by atoms with E-state index in [1.165, 1.54) is 23.0 Å². The third-order valence-corrected chi connectivity index (χ3v) is 7.17. The molecule has 0 atom stereocenters. The van der Waals surface area contributed by atoms with Gasteiger partial charge in [0.05, 0.1) is 19.0 Å². The van der Waals surface area contributed by atoms with Crippen LogP contribution in [-0.2, 0) is 9.53 Å². The van der Waals surface area contributed by atoms with Crippen molar-refractivity contribution in [2.75, 3.05) is 81.1 Å². The molecule has 34 heavy (non-hydrogen) atoms. The van der Waals surface area contributed by atoms with E-state index in [4.69, 9.17) is 16.3 Å². The number of nitrogens with zero attached hydrogens (tertiary/aromatic N) is 5. The van der Waals surface area contributed by atoms with Crippen molar-refractivity contribution in [1.29, 1.82) is 0 Å². The Morgan fingerprint density at radius 1 is 1.09 bits per heavy atom. The number of nitrogens with one attached hydrogen (secondary N) is 1. The van der Waals surface area contributed by atoms with E-state index in [1.807, 2.05) is 0 Å². The Morgan fingerprint density at radius 3 is 2.59 bits per heavy atom. The maximum absolute atomic E-state index is 12.3. The van der Waals surface area contributed by atoms with Gasteiger partial charge in [0.25, 0.3) is 0 Å². The first kappa shape index (κ1) is 25.0. The minimum absolute atomic E-state index is 0.0102. The first-order valence-corrected chi connectivity index (χ1v) is 13.2. The van der Waals surface area contributed by atoms with Crippen LogP contribution in [0.15, 0.2) is 35.5 Å². The van der Waals surface area contributed by atoms with Crippen LogP contribution in [0.1, 0.15) is 12.0 Å². The minimum atomic E-state index is -0.0102. The van der Waals surface area contributed by atoms with Crippen molar-refractivity contribution in [2.24, 2.45) is 0 Å². The molecule has 8 nitrogen and oxygen atoms in total. The zero-order chi connectivity index (χ0) is 23.8. The quantitative estimate of drug-likeness (QED) is 0.242. The second-order valence-corrected chi connectivity index (χ2v) is 9.87. The van der Waals surface area contributed by atoms with E-state index in [-0.39, 0.29) is 11.7 Å². The molecule has 2 aliphatic heterocycles. The molecular formula is C24H33ClN6O2S. The molecule has 1 aromatic carbocycles. The van der Waals surface area contributed by atoms with Gasteiger partial charge in [-0.2, -0.15) is 0 Å². The fourth-order valence-corrected chi connectivity index (χ4v) is 5.15. The number of carbonyl (C=O) groups is 1. The van der Waals surface area contributed by atoms with Gasteiger partial charge in [-0.1, -0.05) is 41.6 Å². The zero-order valence-electron chi connectivity index (χ0n) is 19.7. The fraction of sp³-hybridized carbons (Fsp3) is 0.542. The Labute approximate surface area is 211 Å². The molecule has 184 valence electrons. The van der Waals surface area contributed by atoms with Crippen LogP contribution in [0.3, 0.4) is 0 Å². The van der Waals surface area contributed by atoms with Gasteiger partial charge in [-0.25, -0.2) is 9.97 Å². The number of amides is 1. The molecule has 2 saturated heterocycles. The van der Waals surface area contributed by atoms with Crippen molar-refractivity contribution in [3.8, 4) is 0 Å². The number of ether oxygens (including phenoxy) is 1. The summed E-state index contributed by atoms with van der Waals surface area (Å²) in [6.07, 6.45) is 0.933. The van der Waals surface area contributed by atoms with E-state index in [9.17, 15) is 4.79 Å². The number of benzene rings is 1. The first-order valence-electron chi connectivity index (χ1n) is 11.9. The smallest absolute Gasteiger partial charge is 0.230 e. The van der Waals surface area contributed by atoms with E-state index >= 15 is 0 Å². The summed E-state index contributed by atoms with van der Waals surface area (Å²) in [6.45, 7) is 10.9. The summed E-state index contributed by atoms with van der Waals surface area (Å²) >= 11 is 7.61. The van der Waals surface area contributed by atoms with Crippen LogP contribution in [0.5, 0.6) is 0 Å². The van der Waals surface area contributed by atoms with Crippen LogP contribution >= 0.6 is 23.4 Å². The largest absolute Gasteiger partial charge is 0.379 e. The molecule has 4 rings (SSSR count). The molecule has 1 aromatic heterocycles. The lowest BCUT2D eigenvalue weighted by Crippen LogP contribution is -2.47. The Morgan fingerprint density at radius 2 is 1.82 bits per heavy atom. The summed E-state index contributed by atoms with van der Waals surface area (Å²) in [4.78, 5) is 28.3. The lowest BCUT2D eigenvalue weighted by atomic mass is 10.1. The molecule has 0 aliphatic carbocycles. The lowest BCUT2D eigenvalue weighted by molar-refractivity contribution is -0.118. The summed E-state index contributed by atoms with van der Waals surface area (Å²) in [5.74, 6) is 1.08. The number of piperazine rings is 1. The van der Waals surface area contributed by atoms with Crippen molar-refractivity contribution in [1.82, 2.24) is 20.2 Å². The topological polar surface area (TPSA) is 73.8 Å². The molecule has 0 saturated carbocycles. The highest BCUT2D eigenvalue weighted by molar-refractivity contribution is 7.99. The number of carbonyl (C=O) groups excluding carboxylic acids is 1. The number of morpholine rings is 1. The van der Waals surface area contributed by atoms with Crippen molar-refractivity contribution >= 4 is 40.8 Å². The van der Waals surface area contributed by atoms with Crippen molar-refractivity contribution in [2.45, 2.75) is 18.5 Å². The Bertz CT molecular complexity index is 951. The number of halogens is 1. The van der Waals surface area contributed by atoms with Gasteiger partial charge in [0.1, 0.15) is 11.0 Å². The van der Waals surface area contributed by atoms with E-state index in [1.54, 1.807) is 6.07 Å². The molecular weight excluding hydrogens is 472 g/mol. The van der Waals surface area contributed by atoms with Gasteiger partial charge in [-0.3, -0.25) is 9.69 Å². The van der Waals surface area contributed by atoms with E-state index in [2.05, 4.69) is 61.2 Å². The molecule has 1 amide bonds. The second kappa shape index (κ2) is 12.6. The van der Waals surface area contributed by atoms with Crippen molar-refractivity contribution < 1.29 is 9.53 Å². The van der Waals surface area contributed by atoms with Crippen LogP contribution in [0.25, 0.3) is 0 Å². The summed E-state index contributed by atoms with van der Waals surface area (Å²) in [7, 11) is 0. The molecule has 2 aliphatic rings. The van der Waals surface area contributed by atoms with Gasteiger partial charge < -0.3 is 19.9 Å². The van der Waals surface area contributed by atoms with Crippen molar-refractivity contribution in [3.05, 3.63) is 41.0 Å². The lowest BCUT2D eigenvalue weighted by Gasteiger charge is -2.37. The Balaban J connectivity index is 1.22. The molecule has 10 heteroatoms. The number of anilines is 2. The maximum atomic E-state index is 12.3. The van der Waals surface area contributed by atoms with Gasteiger partial charge >= 0.3 is 0 Å². The highest BCUT2D eigenvalue weighted by Gasteiger charge is 2.20. The molecule has 2 fully saturated rings. The van der Waals surface area contributed by atoms with Crippen molar-refractivity contribution in [3.63, 3.8) is 0 Å². The Kier molecular flexibility index (Phi) is 9.26. The standard InChI is InChI=1S/C24H33ClN6O2S/c1-19-5-2-3-6-20(19)30-9-11-31(12-10-30)22-17-21(25)27-24(28-22)34-18-23(32)26-7-4-8-29-13-15-33-16-14-29/h2-3,5-6,17H,4,7-16,18H2,1H3,(H,26,32). The number of aryl methyl sites for hydroxylation is 1. The van der Waals surface area contributed by atoms with Gasteiger partial charge in [-0.05, 0) is 31.5 Å². The highest BCUT2D eigenvalue weighted by Crippen LogP contribution is 2.25. The summed E-state index contributed by atoms with van der Waals surface area (Å²) < 4.78 is 5.36. The predicted octanol–water partition coefficient (Wildman–Crippen LogP) is 2.70. The third-order valence-electron chi connectivity index (χ3n) is 6.13. The summed E-state index contributed by atoms with van der Waals surface area (Å²) in [5, 5.41) is 3.92. The predicted molar refractivity (Wildman–Crippen MR) is 138 cm³/mol. The SMILES string of the molecule is Cc1ccccc1N1CCN(c2cc(Cl)nc(SCC(=O)NCCCN3CCOCC3)n2)CC1. The summed E-state index contributed by atoms with van der Waals surface area (Å²) in [5.41, 5.74) is 2.58. The van der Waals surface area contributed by atoms with Gasteiger partial charge in [-0.15, -0.1) is 0 Å². The van der Waals surface area contributed by atoms with E-state index < -0.39 is 0 Å². The van der Waals surface area contributed by atoms with Gasteiger partial charge in [0, 0.05) is 57.6 Å². The number of hydrogen-bond acceptors (Lipinski definition) is 8. The van der Waals surface area contributed by atoms with E-state index in [0.717, 1.165) is 71.3 Å². The highest BCUT2D eigenvalue weighted by atomic mass is 35.5. The average molecular weight is 505 g/mol. The summed E-state index contributed by atoms with van der Waals surface area (Å²) in [6, 6.07) is 10.3. The van der Waals surface area contributed by atoms with E-state index in [0.29, 0.717) is 16.9 Å². The first-order chi connectivity index (χ1) is 16.6. The molecule has 0 radical (unpaired) electrons. The van der Waals surface area contributed by atoms with Crippen LogP contribution in [-0.4, -0.2) is 92.1 Å². The number of hydrogen-bond donors (Lipinski definition) is 1. The zero-order valence-corrected chi connectivity index (χ0v) is 21.3. The average Bonchev–Trinajstić information content (AvgIpc) is 2.86. The van der Waals surface area contributed by atoms with Crippen LogP contribution in [0.4, 0.5) is 11.5 Å². The minimum Gasteiger partial charge on any atom is -0.379 e. The van der Waals surface area contributed by atoms with Gasteiger partial charge in [0.2, 0.25) is 5.91 Å². The maximum Gasteiger partial charge on any atom is 0.230 e. The number of aromatic nitrogens is 2. The van der Waals surface area contributed by atoms with Crippen LogP contribution < -0.4 is 15.1 Å². The van der Waals surface area contributed by atoms with Crippen LogP contribution in [0.2, 0.25) is 5.15 Å². The third kappa shape index (κ3) is 7.21. The molecule has 0 bridgehead atoms. The van der Waals surface area contributed by atoms with Gasteiger partial charge in [0.15, 0.2) is 5.16 Å². The molecule has 2 aromatic rings. The Hall–Kier alpha value is -2.07. The number of thioether (sulfide) groups is 1. The number of rotatable bonds is 9.